The summed E-state index contributed by atoms with van der Waals surface area (Å²) < 4.78 is 47.2. The molecule has 3 aromatic rings. The van der Waals surface area contributed by atoms with Crippen LogP contribution in [-0.2, 0) is 10.7 Å². The molecule has 2 aromatic carbocycles. The maximum Gasteiger partial charge on any atom is 0.380 e. The van der Waals surface area contributed by atoms with Crippen molar-refractivity contribution >= 4 is 28.5 Å². The van der Waals surface area contributed by atoms with E-state index in [1.807, 2.05) is 0 Å². The van der Waals surface area contributed by atoms with Crippen molar-refractivity contribution in [3.05, 3.63) is 58.8 Å². The number of nitrogens with one attached hydrogen (secondary N) is 1. The van der Waals surface area contributed by atoms with Crippen molar-refractivity contribution in [3.8, 4) is 11.5 Å². The molecular weight excluding hydrogens is 506 g/mol. The number of hydrogen-bond acceptors (Lipinski definition) is 6. The monoisotopic (exact) mass is 532 g/mol. The molecule has 7 nitrogen and oxygen atoms in total. The van der Waals surface area contributed by atoms with Crippen LogP contribution in [0.25, 0.3) is 11.0 Å². The highest BCUT2D eigenvalue weighted by Gasteiger charge is 2.47. The molecule has 4 heterocycles. The lowest BCUT2D eigenvalue weighted by molar-refractivity contribution is -0.151. The Morgan fingerprint density at radius 2 is 1.76 bits per heavy atom. The molecule has 3 aliphatic rings. The van der Waals surface area contributed by atoms with Gasteiger partial charge in [0.2, 0.25) is 0 Å². The van der Waals surface area contributed by atoms with E-state index in [-0.39, 0.29) is 12.1 Å². The molecular formula is C27H27ClF2N2O5. The van der Waals surface area contributed by atoms with Crippen molar-refractivity contribution in [2.24, 2.45) is 0 Å². The number of benzene rings is 2. The fourth-order valence-corrected chi connectivity index (χ4v) is 5.97. The van der Waals surface area contributed by atoms with Crippen molar-refractivity contribution in [1.29, 1.82) is 0 Å². The Bertz CT molecular complexity index is 1310. The van der Waals surface area contributed by atoms with Crippen LogP contribution in [0.15, 0.2) is 46.9 Å². The van der Waals surface area contributed by atoms with E-state index in [0.717, 1.165) is 31.7 Å². The molecule has 0 unspecified atom stereocenters. The van der Waals surface area contributed by atoms with Crippen molar-refractivity contribution in [3.63, 3.8) is 0 Å². The number of aliphatic hydroxyl groups is 1. The number of carbonyl (C=O) groups is 1. The maximum atomic E-state index is 15.3. The van der Waals surface area contributed by atoms with Gasteiger partial charge in [0, 0.05) is 29.0 Å². The zero-order chi connectivity index (χ0) is 25.7. The number of rotatable bonds is 7. The summed E-state index contributed by atoms with van der Waals surface area (Å²) in [5.74, 6) is -5.25. The summed E-state index contributed by atoms with van der Waals surface area (Å²) in [5.41, 5.74) is 0.649. The quantitative estimate of drug-likeness (QED) is 0.455. The Morgan fingerprint density at radius 1 is 1.05 bits per heavy atom. The standard InChI is InChI=1S/C27H27ClF2N2O5/c28-17-2-8-21-16(11-17)13-24(37-21)27(29,30)26(34)31-20(14-32-18-3-4-19(32)6-5-18)25(33)15-1-7-22-23(12-15)36-10-9-35-22/h1-2,7-8,11-13,18-20,25,33H,3-6,9-10,14H2,(H,31,34)/t18?,19?,20-,25-/m1/s1. The highest BCUT2D eigenvalue weighted by atomic mass is 35.5. The Morgan fingerprint density at radius 3 is 2.49 bits per heavy atom. The summed E-state index contributed by atoms with van der Waals surface area (Å²) >= 11 is 5.96. The van der Waals surface area contributed by atoms with Crippen LogP contribution in [0.5, 0.6) is 11.5 Å². The second-order valence-corrected chi connectivity index (χ2v) is 10.4. The summed E-state index contributed by atoms with van der Waals surface area (Å²) in [6.07, 6.45) is 2.88. The third-order valence-electron chi connectivity index (χ3n) is 7.69. The molecule has 3 aliphatic heterocycles. The Hall–Kier alpha value is -2.88. The van der Waals surface area contributed by atoms with Crippen LogP contribution < -0.4 is 14.8 Å². The molecule has 2 N–H and O–H groups in total. The highest BCUT2D eigenvalue weighted by Crippen LogP contribution is 2.40. The van der Waals surface area contributed by atoms with E-state index in [2.05, 4.69) is 10.2 Å². The fourth-order valence-electron chi connectivity index (χ4n) is 5.79. The van der Waals surface area contributed by atoms with Crippen LogP contribution >= 0.6 is 11.6 Å². The first-order chi connectivity index (χ1) is 17.8. The molecule has 0 spiro atoms. The van der Waals surface area contributed by atoms with Gasteiger partial charge < -0.3 is 24.3 Å². The third-order valence-corrected chi connectivity index (χ3v) is 7.93. The van der Waals surface area contributed by atoms with E-state index < -0.39 is 29.7 Å². The molecule has 37 heavy (non-hydrogen) atoms. The molecule has 0 aliphatic carbocycles. The summed E-state index contributed by atoms with van der Waals surface area (Å²) in [6.45, 7) is 1.05. The molecule has 0 radical (unpaired) electrons. The van der Waals surface area contributed by atoms with Crippen LogP contribution in [0.4, 0.5) is 8.78 Å². The van der Waals surface area contributed by atoms with Crippen LogP contribution in [0.2, 0.25) is 5.02 Å². The molecule has 2 bridgehead atoms. The number of nitrogens with zero attached hydrogens (tertiary/aromatic N) is 1. The van der Waals surface area contributed by atoms with Gasteiger partial charge in [-0.25, -0.2) is 0 Å². The number of alkyl halides is 2. The first kappa shape index (κ1) is 24.5. The second kappa shape index (κ2) is 9.45. The molecule has 2 saturated heterocycles. The number of hydrogen-bond donors (Lipinski definition) is 2. The number of aliphatic hydroxyl groups excluding tert-OH is 1. The number of ether oxygens (including phenoxy) is 2. The number of amides is 1. The van der Waals surface area contributed by atoms with E-state index in [0.29, 0.717) is 52.8 Å². The lowest BCUT2D eigenvalue weighted by Gasteiger charge is -2.32. The number of halogens is 3. The van der Waals surface area contributed by atoms with E-state index in [1.165, 1.54) is 18.2 Å². The van der Waals surface area contributed by atoms with Gasteiger partial charge in [-0.05, 0) is 67.6 Å². The molecule has 6 rings (SSSR count). The minimum atomic E-state index is -3.96. The average molecular weight is 533 g/mol. The maximum absolute atomic E-state index is 15.3. The lowest BCUT2D eigenvalue weighted by atomic mass is 10.00. The van der Waals surface area contributed by atoms with Gasteiger partial charge in [0.25, 0.3) is 5.91 Å². The summed E-state index contributed by atoms with van der Waals surface area (Å²) in [4.78, 5) is 15.2. The summed E-state index contributed by atoms with van der Waals surface area (Å²) in [7, 11) is 0. The molecule has 196 valence electrons. The van der Waals surface area contributed by atoms with Gasteiger partial charge >= 0.3 is 5.92 Å². The SMILES string of the molecule is O=C(N[C@H](CN1C2CCC1CC2)[C@H](O)c1ccc2c(c1)OCCO2)C(F)(F)c1cc2cc(Cl)ccc2o1. The van der Waals surface area contributed by atoms with Crippen LogP contribution in [0, 0.1) is 0 Å². The summed E-state index contributed by atoms with van der Waals surface area (Å²) in [6, 6.07) is 10.3. The van der Waals surface area contributed by atoms with Crippen LogP contribution in [-0.4, -0.2) is 53.8 Å². The molecule has 2 fully saturated rings. The Labute approximate surface area is 217 Å². The predicted octanol–water partition coefficient (Wildman–Crippen LogP) is 4.79. The van der Waals surface area contributed by atoms with Gasteiger partial charge in [-0.15, -0.1) is 0 Å². The number of furan rings is 1. The topological polar surface area (TPSA) is 84.2 Å². The Balaban J connectivity index is 1.27. The van der Waals surface area contributed by atoms with Gasteiger partial charge in [-0.3, -0.25) is 9.69 Å². The highest BCUT2D eigenvalue weighted by molar-refractivity contribution is 6.31. The van der Waals surface area contributed by atoms with Crippen LogP contribution in [0.1, 0.15) is 43.1 Å². The molecule has 1 aromatic heterocycles. The normalized spacial score (nSPS) is 22.8. The molecule has 0 saturated carbocycles. The van der Waals surface area contributed by atoms with E-state index >= 15 is 8.78 Å². The van der Waals surface area contributed by atoms with Gasteiger partial charge in [0.05, 0.1) is 6.04 Å². The predicted molar refractivity (Wildman–Crippen MR) is 132 cm³/mol. The van der Waals surface area contributed by atoms with Gasteiger partial charge in [-0.2, -0.15) is 8.78 Å². The first-order valence-corrected chi connectivity index (χ1v) is 12.9. The van der Waals surface area contributed by atoms with Gasteiger partial charge in [0.15, 0.2) is 17.3 Å². The van der Waals surface area contributed by atoms with Crippen LogP contribution in [0.3, 0.4) is 0 Å². The largest absolute Gasteiger partial charge is 0.486 e. The van der Waals surface area contributed by atoms with Crippen molar-refractivity contribution in [2.45, 2.75) is 55.8 Å². The van der Waals surface area contributed by atoms with E-state index in [9.17, 15) is 9.90 Å². The minimum Gasteiger partial charge on any atom is -0.486 e. The van der Waals surface area contributed by atoms with E-state index in [1.54, 1.807) is 18.2 Å². The zero-order valence-electron chi connectivity index (χ0n) is 20.0. The smallest absolute Gasteiger partial charge is 0.380 e. The summed E-state index contributed by atoms with van der Waals surface area (Å²) in [5, 5.41) is 14.5. The molecule has 10 heteroatoms. The average Bonchev–Trinajstić information content (AvgIpc) is 3.61. The van der Waals surface area contributed by atoms with Crippen molar-refractivity contribution in [1.82, 2.24) is 10.2 Å². The van der Waals surface area contributed by atoms with Crippen molar-refractivity contribution < 1.29 is 32.6 Å². The Kier molecular flexibility index (Phi) is 6.25. The zero-order valence-corrected chi connectivity index (χ0v) is 20.7. The minimum absolute atomic E-state index is 0.202. The van der Waals surface area contributed by atoms with Gasteiger partial charge in [0.1, 0.15) is 24.9 Å². The number of fused-ring (bicyclic) bond motifs is 4. The third kappa shape index (κ3) is 4.53. The second-order valence-electron chi connectivity index (χ2n) is 9.95. The van der Waals surface area contributed by atoms with Crippen molar-refractivity contribution in [2.75, 3.05) is 19.8 Å². The molecule has 2 atom stereocenters. The first-order valence-electron chi connectivity index (χ1n) is 12.5. The van der Waals surface area contributed by atoms with E-state index in [4.69, 9.17) is 25.5 Å². The fraction of sp³-hybridized carbons (Fsp3) is 0.444. The lowest BCUT2D eigenvalue weighted by Crippen LogP contribution is -2.52. The molecule has 1 amide bonds. The van der Waals surface area contributed by atoms with Gasteiger partial charge in [-0.1, -0.05) is 17.7 Å². The number of carbonyl (C=O) groups excluding carboxylic acids is 1.